The molecule has 3 N–H and O–H groups in total. The maximum atomic E-state index is 11.9. The van der Waals surface area contributed by atoms with Crippen molar-refractivity contribution in [3.63, 3.8) is 0 Å². The highest BCUT2D eigenvalue weighted by atomic mass is 16.4. The van der Waals surface area contributed by atoms with E-state index in [1.165, 1.54) is 25.8 Å². The Morgan fingerprint density at radius 2 is 1.81 bits per heavy atom. The zero-order chi connectivity index (χ0) is 13.1. The summed E-state index contributed by atoms with van der Waals surface area (Å²) in [6.07, 6.45) is 0.554. The molecule has 1 atom stereocenters. The number of carbonyl (C=O) groups excluding carboxylic acids is 1. The van der Waals surface area contributed by atoms with E-state index in [0.717, 1.165) is 0 Å². The summed E-state index contributed by atoms with van der Waals surface area (Å²) in [5.74, 6) is -1.07. The maximum Gasteiger partial charge on any atom is 0.329 e. The van der Waals surface area contributed by atoms with Gasteiger partial charge in [-0.1, -0.05) is 13.8 Å². The van der Waals surface area contributed by atoms with E-state index in [2.05, 4.69) is 0 Å². The van der Waals surface area contributed by atoms with Crippen LogP contribution in [0.25, 0.3) is 0 Å². The SMILES string of the molecule is CC(C)CC(N)C(=O)N(C)C(C)(C)C(=O)O. The van der Waals surface area contributed by atoms with E-state index in [1.807, 2.05) is 13.8 Å². The lowest BCUT2D eigenvalue weighted by Gasteiger charge is -2.33. The first-order chi connectivity index (χ1) is 7.10. The van der Waals surface area contributed by atoms with E-state index in [-0.39, 0.29) is 5.91 Å². The maximum absolute atomic E-state index is 11.9. The van der Waals surface area contributed by atoms with E-state index < -0.39 is 17.6 Å². The lowest BCUT2D eigenvalue weighted by Crippen LogP contribution is -2.55. The highest BCUT2D eigenvalue weighted by Crippen LogP contribution is 2.15. The molecule has 0 aliphatic heterocycles. The monoisotopic (exact) mass is 230 g/mol. The van der Waals surface area contributed by atoms with Crippen LogP contribution in [0.3, 0.4) is 0 Å². The first-order valence-electron chi connectivity index (χ1n) is 5.37. The molecular weight excluding hydrogens is 208 g/mol. The average Bonchev–Trinajstić information content (AvgIpc) is 2.13. The van der Waals surface area contributed by atoms with Gasteiger partial charge in [-0.05, 0) is 26.2 Å². The zero-order valence-corrected chi connectivity index (χ0v) is 10.7. The number of carbonyl (C=O) groups is 2. The van der Waals surface area contributed by atoms with Gasteiger partial charge in [0.2, 0.25) is 5.91 Å². The molecule has 16 heavy (non-hydrogen) atoms. The first-order valence-corrected chi connectivity index (χ1v) is 5.37. The second-order valence-electron chi connectivity index (χ2n) is 5.00. The number of carboxylic acids is 1. The fourth-order valence-corrected chi connectivity index (χ4v) is 1.28. The van der Waals surface area contributed by atoms with Crippen molar-refractivity contribution < 1.29 is 14.7 Å². The molecule has 0 aliphatic rings. The third-order valence-corrected chi connectivity index (χ3v) is 2.74. The predicted octanol–water partition coefficient (Wildman–Crippen LogP) is 0.681. The van der Waals surface area contributed by atoms with Crippen molar-refractivity contribution in [1.29, 1.82) is 0 Å². The quantitative estimate of drug-likeness (QED) is 0.727. The predicted molar refractivity (Wildman–Crippen MR) is 61.9 cm³/mol. The Hall–Kier alpha value is -1.10. The topological polar surface area (TPSA) is 83.6 Å². The minimum Gasteiger partial charge on any atom is -0.480 e. The second-order valence-corrected chi connectivity index (χ2v) is 5.00. The number of nitrogens with zero attached hydrogens (tertiary/aromatic N) is 1. The summed E-state index contributed by atoms with van der Waals surface area (Å²) in [5, 5.41) is 8.99. The highest BCUT2D eigenvalue weighted by molar-refractivity contribution is 5.88. The third-order valence-electron chi connectivity index (χ3n) is 2.74. The summed E-state index contributed by atoms with van der Waals surface area (Å²) in [5.41, 5.74) is 4.50. The van der Waals surface area contributed by atoms with Gasteiger partial charge in [0.1, 0.15) is 5.54 Å². The summed E-state index contributed by atoms with van der Waals surface area (Å²) in [6, 6.07) is -0.636. The number of rotatable bonds is 5. The molecule has 1 unspecified atom stereocenters. The lowest BCUT2D eigenvalue weighted by molar-refractivity contribution is -0.155. The Labute approximate surface area is 96.6 Å². The van der Waals surface area contributed by atoms with Crippen LogP contribution in [0.2, 0.25) is 0 Å². The van der Waals surface area contributed by atoms with Gasteiger partial charge in [0.05, 0.1) is 6.04 Å². The molecule has 0 fully saturated rings. The second kappa shape index (κ2) is 5.30. The Bertz CT molecular complexity index is 274. The van der Waals surface area contributed by atoms with Crippen LogP contribution >= 0.6 is 0 Å². The summed E-state index contributed by atoms with van der Waals surface area (Å²) in [4.78, 5) is 24.0. The number of nitrogens with two attached hydrogens (primary N) is 1. The molecule has 1 amide bonds. The van der Waals surface area contributed by atoms with Gasteiger partial charge in [-0.3, -0.25) is 4.79 Å². The molecule has 0 heterocycles. The molecular formula is C11H22N2O3. The number of hydrogen-bond donors (Lipinski definition) is 2. The summed E-state index contributed by atoms with van der Waals surface area (Å²) < 4.78 is 0. The smallest absolute Gasteiger partial charge is 0.329 e. The molecule has 5 nitrogen and oxygen atoms in total. The fraction of sp³-hybridized carbons (Fsp3) is 0.818. The normalized spacial score (nSPS) is 13.7. The summed E-state index contributed by atoms with van der Waals surface area (Å²) >= 11 is 0. The molecule has 0 saturated carbocycles. The molecule has 0 saturated heterocycles. The zero-order valence-electron chi connectivity index (χ0n) is 10.7. The van der Waals surface area contributed by atoms with Gasteiger partial charge >= 0.3 is 5.97 Å². The van der Waals surface area contributed by atoms with Crippen molar-refractivity contribution in [1.82, 2.24) is 4.90 Å². The standard InChI is InChI=1S/C11H22N2O3/c1-7(2)6-8(12)9(14)13(5)11(3,4)10(15)16/h7-8H,6,12H2,1-5H3,(H,15,16). The molecule has 0 aromatic carbocycles. The molecule has 5 heteroatoms. The van der Waals surface area contributed by atoms with Crippen molar-refractivity contribution in [2.45, 2.75) is 45.7 Å². The van der Waals surface area contributed by atoms with Crippen LogP contribution in [0.1, 0.15) is 34.1 Å². The molecule has 0 aliphatic carbocycles. The van der Waals surface area contributed by atoms with Gasteiger partial charge in [0, 0.05) is 7.05 Å². The van der Waals surface area contributed by atoms with E-state index in [9.17, 15) is 9.59 Å². The molecule has 0 aromatic rings. The highest BCUT2D eigenvalue weighted by Gasteiger charge is 2.36. The van der Waals surface area contributed by atoms with Gasteiger partial charge in [-0.2, -0.15) is 0 Å². The number of amides is 1. The number of likely N-dealkylation sites (N-methyl/N-ethyl adjacent to an activating group) is 1. The minimum absolute atomic E-state index is 0.306. The summed E-state index contributed by atoms with van der Waals surface area (Å²) in [7, 11) is 1.47. The van der Waals surface area contributed by atoms with E-state index in [4.69, 9.17) is 10.8 Å². The first kappa shape index (κ1) is 14.9. The van der Waals surface area contributed by atoms with Crippen molar-refractivity contribution in [3.05, 3.63) is 0 Å². The van der Waals surface area contributed by atoms with Gasteiger partial charge in [0.25, 0.3) is 0 Å². The van der Waals surface area contributed by atoms with Crippen molar-refractivity contribution in [2.24, 2.45) is 11.7 Å². The van der Waals surface area contributed by atoms with Crippen LogP contribution in [-0.2, 0) is 9.59 Å². The molecule has 0 spiro atoms. The van der Waals surface area contributed by atoms with E-state index in [0.29, 0.717) is 12.3 Å². The van der Waals surface area contributed by atoms with Crippen molar-refractivity contribution in [3.8, 4) is 0 Å². The van der Waals surface area contributed by atoms with Gasteiger partial charge in [0.15, 0.2) is 0 Å². The number of aliphatic carboxylic acids is 1. The Morgan fingerprint density at radius 3 is 2.12 bits per heavy atom. The molecule has 0 rings (SSSR count). The van der Waals surface area contributed by atoms with Crippen LogP contribution in [0, 0.1) is 5.92 Å². The largest absolute Gasteiger partial charge is 0.480 e. The van der Waals surface area contributed by atoms with Crippen LogP contribution < -0.4 is 5.73 Å². The third kappa shape index (κ3) is 3.48. The minimum atomic E-state index is -1.23. The summed E-state index contributed by atoms with van der Waals surface area (Å²) in [6.45, 7) is 6.90. The van der Waals surface area contributed by atoms with Gasteiger partial charge < -0.3 is 15.7 Å². The van der Waals surface area contributed by atoms with Crippen LogP contribution in [0.15, 0.2) is 0 Å². The average molecular weight is 230 g/mol. The molecule has 0 bridgehead atoms. The fourth-order valence-electron chi connectivity index (χ4n) is 1.28. The van der Waals surface area contributed by atoms with Crippen LogP contribution in [-0.4, -0.2) is 40.5 Å². The molecule has 0 radical (unpaired) electrons. The number of hydrogen-bond acceptors (Lipinski definition) is 3. The van der Waals surface area contributed by atoms with Gasteiger partial charge in [-0.25, -0.2) is 4.79 Å². The molecule has 0 aromatic heterocycles. The molecule has 94 valence electrons. The van der Waals surface area contributed by atoms with Crippen LogP contribution in [0.5, 0.6) is 0 Å². The van der Waals surface area contributed by atoms with Crippen molar-refractivity contribution in [2.75, 3.05) is 7.05 Å². The Kier molecular flexibility index (Phi) is 4.93. The van der Waals surface area contributed by atoms with E-state index in [1.54, 1.807) is 0 Å². The Balaban J connectivity index is 4.67. The van der Waals surface area contributed by atoms with Gasteiger partial charge in [-0.15, -0.1) is 0 Å². The van der Waals surface area contributed by atoms with E-state index >= 15 is 0 Å². The number of carboxylic acid groups (broad SMARTS) is 1. The lowest BCUT2D eigenvalue weighted by atomic mass is 9.99. The van der Waals surface area contributed by atoms with Crippen molar-refractivity contribution >= 4 is 11.9 Å². The van der Waals surface area contributed by atoms with Crippen LogP contribution in [0.4, 0.5) is 0 Å². The Morgan fingerprint density at radius 1 is 1.38 bits per heavy atom.